The van der Waals surface area contributed by atoms with Crippen molar-refractivity contribution in [3.63, 3.8) is 0 Å². The molecule has 1 N–H and O–H groups in total. The van der Waals surface area contributed by atoms with Crippen LogP contribution in [-0.4, -0.2) is 104 Å². The molecule has 1 aliphatic carbocycles. The zero-order valence-corrected chi connectivity index (χ0v) is 22.3. The Morgan fingerprint density at radius 1 is 1.05 bits per heavy atom. The van der Waals surface area contributed by atoms with Crippen molar-refractivity contribution in [2.75, 3.05) is 51.3 Å². The molecule has 1 aromatic rings. The SMILES string of the molecule is CO[C@@H]1CN(C(=O)C2(NC(=O)c3ccc(N4CCN(C(C)C)CC4)cc3)CCCCC2)[C@@H]2C(=O)CO[C@@H]21. The van der Waals surface area contributed by atoms with Gasteiger partial charge < -0.3 is 24.6 Å². The Morgan fingerprint density at radius 2 is 1.73 bits per heavy atom. The van der Waals surface area contributed by atoms with Gasteiger partial charge in [0.2, 0.25) is 5.91 Å². The minimum Gasteiger partial charge on any atom is -0.377 e. The molecule has 37 heavy (non-hydrogen) atoms. The van der Waals surface area contributed by atoms with E-state index >= 15 is 0 Å². The standard InChI is InChI=1S/C28H40N4O5/c1-19(2)30-13-15-31(16-14-30)21-9-7-20(8-10-21)26(34)29-28(11-5-4-6-12-28)27(35)32-17-23(36-3)25-24(32)22(33)18-37-25/h7-10,19,23-25H,4-6,11-18H2,1-3H3,(H,29,34)/t23-,24-,25-/m1/s1. The van der Waals surface area contributed by atoms with E-state index in [0.29, 0.717) is 31.0 Å². The third-order valence-electron chi connectivity index (χ3n) is 8.71. The van der Waals surface area contributed by atoms with E-state index in [1.165, 1.54) is 0 Å². The monoisotopic (exact) mass is 512 g/mol. The molecule has 4 aliphatic rings. The van der Waals surface area contributed by atoms with Gasteiger partial charge in [0.1, 0.15) is 30.4 Å². The fourth-order valence-electron chi connectivity index (χ4n) is 6.46. The maximum absolute atomic E-state index is 14.0. The molecule has 0 unspecified atom stereocenters. The third kappa shape index (κ3) is 5.01. The zero-order valence-electron chi connectivity index (χ0n) is 22.3. The number of ketones is 1. The number of ether oxygens (including phenoxy) is 2. The predicted octanol–water partition coefficient (Wildman–Crippen LogP) is 1.84. The molecule has 0 bridgehead atoms. The molecule has 0 aromatic heterocycles. The quantitative estimate of drug-likeness (QED) is 0.622. The van der Waals surface area contributed by atoms with Crippen LogP contribution >= 0.6 is 0 Å². The number of hydrogen-bond donors (Lipinski definition) is 1. The summed E-state index contributed by atoms with van der Waals surface area (Å²) in [5.74, 6) is -0.534. The Bertz CT molecular complexity index is 998. The van der Waals surface area contributed by atoms with Gasteiger partial charge in [0.05, 0.1) is 6.54 Å². The molecule has 1 aromatic carbocycles. The number of carbonyl (C=O) groups is 3. The van der Waals surface area contributed by atoms with Crippen molar-refractivity contribution in [2.24, 2.45) is 0 Å². The first-order valence-electron chi connectivity index (χ1n) is 13.7. The second kappa shape index (κ2) is 10.7. The number of likely N-dealkylation sites (tertiary alicyclic amines) is 1. The molecule has 4 fully saturated rings. The van der Waals surface area contributed by atoms with Gasteiger partial charge in [-0.1, -0.05) is 19.3 Å². The van der Waals surface area contributed by atoms with Crippen LogP contribution in [-0.2, 0) is 19.1 Å². The average Bonchev–Trinajstić information content (AvgIpc) is 3.49. The smallest absolute Gasteiger partial charge is 0.252 e. The molecule has 9 heteroatoms. The number of amides is 2. The first-order valence-corrected chi connectivity index (χ1v) is 13.7. The van der Waals surface area contributed by atoms with E-state index < -0.39 is 17.7 Å². The molecule has 3 heterocycles. The molecule has 0 radical (unpaired) electrons. The largest absolute Gasteiger partial charge is 0.377 e. The Hall–Kier alpha value is -2.49. The number of fused-ring (bicyclic) bond motifs is 1. The Morgan fingerprint density at radius 3 is 2.35 bits per heavy atom. The number of benzene rings is 1. The number of hydrogen-bond acceptors (Lipinski definition) is 7. The van der Waals surface area contributed by atoms with Crippen molar-refractivity contribution in [1.82, 2.24) is 15.1 Å². The molecular weight excluding hydrogens is 472 g/mol. The Labute approximate surface area is 219 Å². The number of carbonyl (C=O) groups excluding carboxylic acids is 3. The summed E-state index contributed by atoms with van der Waals surface area (Å²) >= 11 is 0. The highest BCUT2D eigenvalue weighted by atomic mass is 16.5. The molecule has 9 nitrogen and oxygen atoms in total. The number of nitrogens with zero attached hydrogens (tertiary/aromatic N) is 3. The van der Waals surface area contributed by atoms with E-state index in [2.05, 4.69) is 29.0 Å². The van der Waals surface area contributed by atoms with Crippen molar-refractivity contribution >= 4 is 23.3 Å². The molecule has 202 valence electrons. The van der Waals surface area contributed by atoms with Gasteiger partial charge in [0.15, 0.2) is 5.78 Å². The van der Waals surface area contributed by atoms with E-state index in [9.17, 15) is 14.4 Å². The van der Waals surface area contributed by atoms with Crippen LogP contribution in [0.3, 0.4) is 0 Å². The van der Waals surface area contributed by atoms with Gasteiger partial charge >= 0.3 is 0 Å². The maximum atomic E-state index is 14.0. The summed E-state index contributed by atoms with van der Waals surface area (Å²) in [6, 6.07) is 7.61. The fraction of sp³-hybridized carbons (Fsp3) is 0.679. The normalized spacial score (nSPS) is 28.0. The second-order valence-corrected chi connectivity index (χ2v) is 11.2. The summed E-state index contributed by atoms with van der Waals surface area (Å²) in [6.45, 7) is 8.73. The predicted molar refractivity (Wildman–Crippen MR) is 140 cm³/mol. The second-order valence-electron chi connectivity index (χ2n) is 11.2. The number of rotatable bonds is 6. The molecule has 2 amide bonds. The summed E-state index contributed by atoms with van der Waals surface area (Å²) in [5.41, 5.74) is 0.630. The molecule has 3 atom stereocenters. The lowest BCUT2D eigenvalue weighted by molar-refractivity contribution is -0.143. The maximum Gasteiger partial charge on any atom is 0.252 e. The van der Waals surface area contributed by atoms with Crippen molar-refractivity contribution in [3.8, 4) is 0 Å². The van der Waals surface area contributed by atoms with Crippen LogP contribution in [0.2, 0.25) is 0 Å². The highest BCUT2D eigenvalue weighted by Crippen LogP contribution is 2.36. The summed E-state index contributed by atoms with van der Waals surface area (Å²) < 4.78 is 11.2. The molecule has 1 saturated carbocycles. The van der Waals surface area contributed by atoms with Gasteiger partial charge in [-0.05, 0) is 51.0 Å². The lowest BCUT2D eigenvalue weighted by Gasteiger charge is -2.40. The van der Waals surface area contributed by atoms with E-state index in [0.717, 1.165) is 51.1 Å². The van der Waals surface area contributed by atoms with E-state index in [1.807, 2.05) is 24.3 Å². The van der Waals surface area contributed by atoms with Gasteiger partial charge in [0, 0.05) is 50.6 Å². The Balaban J connectivity index is 1.29. The molecule has 3 aliphatic heterocycles. The van der Waals surface area contributed by atoms with Gasteiger partial charge in [-0.25, -0.2) is 0 Å². The number of piperazine rings is 1. The fourth-order valence-corrected chi connectivity index (χ4v) is 6.46. The minimum atomic E-state index is -1.02. The van der Waals surface area contributed by atoms with E-state index in [-0.39, 0.29) is 30.3 Å². The van der Waals surface area contributed by atoms with Gasteiger partial charge in [-0.15, -0.1) is 0 Å². The van der Waals surface area contributed by atoms with Crippen molar-refractivity contribution in [3.05, 3.63) is 29.8 Å². The van der Waals surface area contributed by atoms with E-state index in [4.69, 9.17) is 9.47 Å². The number of anilines is 1. The number of nitrogens with one attached hydrogen (secondary N) is 1. The molecule has 0 spiro atoms. The van der Waals surface area contributed by atoms with Crippen LogP contribution in [0, 0.1) is 0 Å². The highest BCUT2D eigenvalue weighted by Gasteiger charge is 2.56. The Kier molecular flexibility index (Phi) is 7.56. The topological polar surface area (TPSA) is 91.4 Å². The van der Waals surface area contributed by atoms with Crippen LogP contribution < -0.4 is 10.2 Å². The highest BCUT2D eigenvalue weighted by molar-refractivity contribution is 6.01. The molecular formula is C28H40N4O5. The summed E-state index contributed by atoms with van der Waals surface area (Å²) in [6.07, 6.45) is 3.09. The molecule has 5 rings (SSSR count). The lowest BCUT2D eigenvalue weighted by atomic mass is 9.80. The van der Waals surface area contributed by atoms with Crippen LogP contribution in [0.1, 0.15) is 56.3 Å². The first kappa shape index (κ1) is 26.1. The van der Waals surface area contributed by atoms with Gasteiger partial charge in [0.25, 0.3) is 5.91 Å². The summed E-state index contributed by atoms with van der Waals surface area (Å²) in [5, 5.41) is 3.13. The van der Waals surface area contributed by atoms with Gasteiger partial charge in [-0.2, -0.15) is 0 Å². The zero-order chi connectivity index (χ0) is 26.2. The third-order valence-corrected chi connectivity index (χ3v) is 8.71. The van der Waals surface area contributed by atoms with Crippen LogP contribution in [0.25, 0.3) is 0 Å². The van der Waals surface area contributed by atoms with Crippen LogP contribution in [0.5, 0.6) is 0 Å². The van der Waals surface area contributed by atoms with Crippen molar-refractivity contribution in [2.45, 2.75) is 75.8 Å². The van der Waals surface area contributed by atoms with Crippen molar-refractivity contribution < 1.29 is 23.9 Å². The van der Waals surface area contributed by atoms with Crippen molar-refractivity contribution in [1.29, 1.82) is 0 Å². The lowest BCUT2D eigenvalue weighted by Crippen LogP contribution is -2.62. The van der Waals surface area contributed by atoms with E-state index in [1.54, 1.807) is 12.0 Å². The number of Topliss-reactive ketones (excluding diaryl/α,β-unsaturated/α-hetero) is 1. The number of methoxy groups -OCH3 is 1. The summed E-state index contributed by atoms with van der Waals surface area (Å²) in [4.78, 5) is 46.5. The summed E-state index contributed by atoms with van der Waals surface area (Å²) in [7, 11) is 1.58. The molecule has 3 saturated heterocycles. The van der Waals surface area contributed by atoms with Crippen LogP contribution in [0.4, 0.5) is 5.69 Å². The van der Waals surface area contributed by atoms with Gasteiger partial charge in [-0.3, -0.25) is 19.3 Å². The van der Waals surface area contributed by atoms with Crippen LogP contribution in [0.15, 0.2) is 24.3 Å². The minimum absolute atomic E-state index is 0.00278. The average molecular weight is 513 g/mol. The first-order chi connectivity index (χ1) is 17.8.